The van der Waals surface area contributed by atoms with Crippen LogP contribution in [0.5, 0.6) is 0 Å². The number of hydrogen-bond donors (Lipinski definition) is 1. The Morgan fingerprint density at radius 3 is 3.05 bits per heavy atom. The Hall–Kier alpha value is -1.88. The van der Waals surface area contributed by atoms with Crippen LogP contribution >= 0.6 is 0 Å². The van der Waals surface area contributed by atoms with E-state index in [-0.39, 0.29) is 0 Å². The molecule has 1 aromatic carbocycles. The van der Waals surface area contributed by atoms with Gasteiger partial charge in [-0.05, 0) is 24.5 Å². The van der Waals surface area contributed by atoms with Crippen molar-refractivity contribution in [3.05, 3.63) is 30.6 Å². The molecule has 0 saturated carbocycles. The van der Waals surface area contributed by atoms with Crippen LogP contribution in [-0.4, -0.2) is 34.0 Å². The first kappa shape index (κ1) is 13.1. The van der Waals surface area contributed by atoms with E-state index in [1.807, 2.05) is 19.2 Å². The predicted molar refractivity (Wildman–Crippen MR) is 78.4 cm³/mol. The lowest BCUT2D eigenvalue weighted by atomic mass is 9.97. The first-order valence-corrected chi connectivity index (χ1v) is 7.03. The molecule has 0 aliphatic carbocycles. The normalized spacial score (nSPS) is 22.7. The maximum atomic E-state index is 5.48. The van der Waals surface area contributed by atoms with Crippen LogP contribution in [0.2, 0.25) is 0 Å². The summed E-state index contributed by atoms with van der Waals surface area (Å²) in [5.41, 5.74) is 2.16. The minimum absolute atomic E-state index is 0.468. The van der Waals surface area contributed by atoms with E-state index in [9.17, 15) is 0 Å². The number of nitrogens with zero attached hydrogens (tertiary/aromatic N) is 3. The molecule has 1 aliphatic rings. The van der Waals surface area contributed by atoms with Gasteiger partial charge in [-0.1, -0.05) is 19.1 Å². The summed E-state index contributed by atoms with van der Waals surface area (Å²) in [7, 11) is 1.88. The van der Waals surface area contributed by atoms with Crippen LogP contribution < -0.4 is 5.32 Å². The molecule has 0 amide bonds. The van der Waals surface area contributed by atoms with E-state index in [1.165, 1.54) is 0 Å². The molecule has 2 heterocycles. The number of aromatic nitrogens is 3. The van der Waals surface area contributed by atoms with E-state index in [4.69, 9.17) is 4.74 Å². The molecule has 2 aromatic rings. The average Bonchev–Trinajstić information content (AvgIpc) is 2.89. The van der Waals surface area contributed by atoms with Crippen molar-refractivity contribution < 1.29 is 4.74 Å². The number of benzene rings is 1. The van der Waals surface area contributed by atoms with Gasteiger partial charge in [0.25, 0.3) is 0 Å². The van der Waals surface area contributed by atoms with Gasteiger partial charge in [0.15, 0.2) is 5.82 Å². The zero-order chi connectivity index (χ0) is 13.9. The Labute approximate surface area is 119 Å². The van der Waals surface area contributed by atoms with Crippen molar-refractivity contribution in [2.45, 2.75) is 19.4 Å². The molecule has 106 valence electrons. The molecular weight excluding hydrogens is 252 g/mol. The number of hydrogen-bond acceptors (Lipinski definition) is 4. The smallest absolute Gasteiger partial charge is 0.181 e. The minimum Gasteiger partial charge on any atom is -0.382 e. The number of nitrogens with one attached hydrogen (secondary N) is 1. The monoisotopic (exact) mass is 272 g/mol. The van der Waals surface area contributed by atoms with Gasteiger partial charge < -0.3 is 10.1 Å². The minimum atomic E-state index is 0.468. The Balaban J connectivity index is 1.77. The summed E-state index contributed by atoms with van der Waals surface area (Å²) < 4.78 is 7.20. The van der Waals surface area contributed by atoms with Gasteiger partial charge >= 0.3 is 0 Å². The standard InChI is InChI=1S/C15H20N4O/c1-11-9-20-7-6-14(11)17-13-5-3-4-12(8-13)15-16-10-19(2)18-15/h3-5,8,10-11,14,17H,6-7,9H2,1-2H3/t11-,14-/m0/s1. The number of ether oxygens (including phenoxy) is 1. The Morgan fingerprint density at radius 2 is 2.30 bits per heavy atom. The fourth-order valence-electron chi connectivity index (χ4n) is 2.53. The highest BCUT2D eigenvalue weighted by molar-refractivity contribution is 5.62. The van der Waals surface area contributed by atoms with E-state index in [0.29, 0.717) is 12.0 Å². The fourth-order valence-corrected chi connectivity index (χ4v) is 2.53. The summed E-state index contributed by atoms with van der Waals surface area (Å²) >= 11 is 0. The summed E-state index contributed by atoms with van der Waals surface area (Å²) in [6.45, 7) is 3.89. The Morgan fingerprint density at radius 1 is 1.40 bits per heavy atom. The highest BCUT2D eigenvalue weighted by Crippen LogP contribution is 2.23. The molecule has 1 N–H and O–H groups in total. The van der Waals surface area contributed by atoms with E-state index in [0.717, 1.165) is 36.7 Å². The second-order valence-electron chi connectivity index (χ2n) is 5.41. The zero-order valence-electron chi connectivity index (χ0n) is 11.9. The molecule has 1 saturated heterocycles. The predicted octanol–water partition coefficient (Wildman–Crippen LogP) is 2.32. The third-order valence-electron chi connectivity index (χ3n) is 3.71. The number of aryl methyl sites for hydroxylation is 1. The maximum absolute atomic E-state index is 5.48. The largest absolute Gasteiger partial charge is 0.382 e. The lowest BCUT2D eigenvalue weighted by Crippen LogP contribution is -2.35. The van der Waals surface area contributed by atoms with Gasteiger partial charge in [0, 0.05) is 30.9 Å². The Bertz CT molecular complexity index is 581. The van der Waals surface area contributed by atoms with E-state index < -0.39 is 0 Å². The first-order chi connectivity index (χ1) is 9.72. The van der Waals surface area contributed by atoms with Crippen LogP contribution in [0.4, 0.5) is 5.69 Å². The first-order valence-electron chi connectivity index (χ1n) is 7.03. The van der Waals surface area contributed by atoms with Crippen LogP contribution in [0.1, 0.15) is 13.3 Å². The third kappa shape index (κ3) is 2.82. The molecule has 5 nitrogen and oxygen atoms in total. The second-order valence-corrected chi connectivity index (χ2v) is 5.41. The molecule has 0 radical (unpaired) electrons. The number of anilines is 1. The maximum Gasteiger partial charge on any atom is 0.181 e. The molecule has 0 unspecified atom stereocenters. The SMILES string of the molecule is C[C@H]1COCC[C@@H]1Nc1cccc(-c2ncn(C)n2)c1. The van der Waals surface area contributed by atoms with E-state index in [1.54, 1.807) is 11.0 Å². The number of rotatable bonds is 3. The molecule has 1 aliphatic heterocycles. The van der Waals surface area contributed by atoms with Crippen LogP contribution in [0.15, 0.2) is 30.6 Å². The summed E-state index contributed by atoms with van der Waals surface area (Å²) in [6.07, 6.45) is 2.77. The average molecular weight is 272 g/mol. The summed E-state index contributed by atoms with van der Waals surface area (Å²) in [6, 6.07) is 8.74. The van der Waals surface area contributed by atoms with Gasteiger partial charge in [0.05, 0.1) is 6.61 Å². The van der Waals surface area contributed by atoms with Crippen LogP contribution in [-0.2, 0) is 11.8 Å². The van der Waals surface area contributed by atoms with Crippen molar-refractivity contribution in [3.63, 3.8) is 0 Å². The second kappa shape index (κ2) is 5.63. The van der Waals surface area contributed by atoms with E-state index >= 15 is 0 Å². The van der Waals surface area contributed by atoms with Crippen molar-refractivity contribution in [2.75, 3.05) is 18.5 Å². The fraction of sp³-hybridized carbons (Fsp3) is 0.467. The Kier molecular flexibility index (Phi) is 3.69. The lowest BCUT2D eigenvalue weighted by molar-refractivity contribution is 0.0538. The van der Waals surface area contributed by atoms with Crippen LogP contribution in [0.25, 0.3) is 11.4 Å². The molecule has 3 rings (SSSR count). The van der Waals surface area contributed by atoms with Gasteiger partial charge in [-0.2, -0.15) is 5.10 Å². The summed E-state index contributed by atoms with van der Waals surface area (Å²) in [4.78, 5) is 4.29. The highest BCUT2D eigenvalue weighted by Gasteiger charge is 2.21. The summed E-state index contributed by atoms with van der Waals surface area (Å²) in [5, 5.41) is 7.95. The quantitative estimate of drug-likeness (QED) is 0.931. The van der Waals surface area contributed by atoms with Crippen molar-refractivity contribution in [3.8, 4) is 11.4 Å². The highest BCUT2D eigenvalue weighted by atomic mass is 16.5. The van der Waals surface area contributed by atoms with Crippen molar-refractivity contribution in [1.29, 1.82) is 0 Å². The van der Waals surface area contributed by atoms with E-state index in [2.05, 4.69) is 34.5 Å². The molecule has 1 fully saturated rings. The van der Waals surface area contributed by atoms with Crippen LogP contribution in [0.3, 0.4) is 0 Å². The zero-order valence-corrected chi connectivity index (χ0v) is 11.9. The molecule has 5 heteroatoms. The molecule has 2 atom stereocenters. The van der Waals surface area contributed by atoms with Gasteiger partial charge in [-0.3, -0.25) is 4.68 Å². The van der Waals surface area contributed by atoms with Crippen molar-refractivity contribution in [1.82, 2.24) is 14.8 Å². The molecular formula is C15H20N4O. The topological polar surface area (TPSA) is 52.0 Å². The summed E-state index contributed by atoms with van der Waals surface area (Å²) in [5.74, 6) is 1.29. The van der Waals surface area contributed by atoms with Crippen LogP contribution in [0, 0.1) is 5.92 Å². The lowest BCUT2D eigenvalue weighted by Gasteiger charge is -2.30. The molecule has 0 spiro atoms. The van der Waals surface area contributed by atoms with Crippen molar-refractivity contribution in [2.24, 2.45) is 13.0 Å². The molecule has 1 aromatic heterocycles. The molecule has 0 bridgehead atoms. The van der Waals surface area contributed by atoms with Gasteiger partial charge in [0.1, 0.15) is 6.33 Å². The van der Waals surface area contributed by atoms with Gasteiger partial charge in [-0.15, -0.1) is 0 Å². The van der Waals surface area contributed by atoms with Crippen molar-refractivity contribution >= 4 is 5.69 Å². The van der Waals surface area contributed by atoms with Gasteiger partial charge in [0.2, 0.25) is 0 Å². The third-order valence-corrected chi connectivity index (χ3v) is 3.71. The van der Waals surface area contributed by atoms with Gasteiger partial charge in [-0.25, -0.2) is 4.98 Å². The molecule has 20 heavy (non-hydrogen) atoms.